The summed E-state index contributed by atoms with van der Waals surface area (Å²) in [5.74, 6) is 0. The van der Waals surface area contributed by atoms with Crippen molar-refractivity contribution in [3.63, 3.8) is 0 Å². The van der Waals surface area contributed by atoms with Crippen molar-refractivity contribution >= 4 is 15.7 Å². The first-order chi connectivity index (χ1) is 10.1. The summed E-state index contributed by atoms with van der Waals surface area (Å²) in [7, 11) is -3.47. The molecule has 1 aliphatic heterocycles. The van der Waals surface area contributed by atoms with Crippen molar-refractivity contribution in [1.82, 2.24) is 4.72 Å². The van der Waals surface area contributed by atoms with E-state index < -0.39 is 10.0 Å². The van der Waals surface area contributed by atoms with E-state index in [1.807, 2.05) is 37.3 Å². The molecule has 0 aliphatic carbocycles. The van der Waals surface area contributed by atoms with Gasteiger partial charge in [-0.1, -0.05) is 24.3 Å². The molecule has 0 atom stereocenters. The standard InChI is InChI=1S/C16H18N2O2S/c1-12-4-2-3-5-14(12)11-18-21(19,20)15-6-7-16-13(10-15)8-9-17-16/h2-7,10,17-18H,8-9,11H2,1H3. The van der Waals surface area contributed by atoms with Gasteiger partial charge in [0.15, 0.2) is 0 Å². The Balaban J connectivity index is 1.80. The smallest absolute Gasteiger partial charge is 0.240 e. The number of aryl methyl sites for hydroxylation is 1. The van der Waals surface area contributed by atoms with Gasteiger partial charge in [0.2, 0.25) is 10.0 Å². The zero-order valence-electron chi connectivity index (χ0n) is 11.9. The van der Waals surface area contributed by atoms with Crippen LogP contribution in [-0.2, 0) is 23.0 Å². The van der Waals surface area contributed by atoms with Gasteiger partial charge in [-0.05, 0) is 48.2 Å². The van der Waals surface area contributed by atoms with Crippen LogP contribution in [0.25, 0.3) is 0 Å². The second kappa shape index (κ2) is 5.50. The van der Waals surface area contributed by atoms with E-state index in [0.29, 0.717) is 11.4 Å². The van der Waals surface area contributed by atoms with Crippen LogP contribution in [-0.4, -0.2) is 15.0 Å². The molecule has 3 rings (SSSR count). The zero-order chi connectivity index (χ0) is 14.9. The number of anilines is 1. The molecule has 0 saturated carbocycles. The molecule has 110 valence electrons. The predicted octanol–water partition coefficient (Wildman–Crippen LogP) is 2.44. The average Bonchev–Trinajstić information content (AvgIpc) is 2.94. The van der Waals surface area contributed by atoms with Gasteiger partial charge in [-0.15, -0.1) is 0 Å². The molecule has 2 aromatic rings. The highest BCUT2D eigenvalue weighted by Crippen LogP contribution is 2.25. The molecule has 0 radical (unpaired) electrons. The quantitative estimate of drug-likeness (QED) is 0.912. The minimum absolute atomic E-state index is 0.310. The number of rotatable bonds is 4. The fourth-order valence-corrected chi connectivity index (χ4v) is 3.57. The first kappa shape index (κ1) is 14.1. The van der Waals surface area contributed by atoms with Crippen molar-refractivity contribution in [3.8, 4) is 0 Å². The maximum atomic E-state index is 12.4. The Bertz CT molecular complexity index is 770. The Morgan fingerprint density at radius 2 is 2.00 bits per heavy atom. The van der Waals surface area contributed by atoms with Crippen LogP contribution in [0.4, 0.5) is 5.69 Å². The minimum Gasteiger partial charge on any atom is -0.384 e. The van der Waals surface area contributed by atoms with Crippen molar-refractivity contribution in [1.29, 1.82) is 0 Å². The Morgan fingerprint density at radius 1 is 1.19 bits per heavy atom. The lowest BCUT2D eigenvalue weighted by molar-refractivity contribution is 0.581. The van der Waals surface area contributed by atoms with Crippen molar-refractivity contribution < 1.29 is 8.42 Å². The van der Waals surface area contributed by atoms with Crippen LogP contribution in [0.2, 0.25) is 0 Å². The normalized spacial score (nSPS) is 13.8. The van der Waals surface area contributed by atoms with Gasteiger partial charge < -0.3 is 5.32 Å². The molecular formula is C16H18N2O2S. The summed E-state index contributed by atoms with van der Waals surface area (Å²) in [5.41, 5.74) is 4.17. The molecule has 2 aromatic carbocycles. The third kappa shape index (κ3) is 2.94. The number of hydrogen-bond donors (Lipinski definition) is 2. The van der Waals surface area contributed by atoms with Crippen LogP contribution in [0, 0.1) is 6.92 Å². The Morgan fingerprint density at radius 3 is 2.81 bits per heavy atom. The van der Waals surface area contributed by atoms with Gasteiger partial charge in [0.25, 0.3) is 0 Å². The summed E-state index contributed by atoms with van der Waals surface area (Å²) >= 11 is 0. The first-order valence-corrected chi connectivity index (χ1v) is 8.45. The summed E-state index contributed by atoms with van der Waals surface area (Å²) in [6.07, 6.45) is 0.872. The lowest BCUT2D eigenvalue weighted by Crippen LogP contribution is -2.23. The van der Waals surface area contributed by atoms with Gasteiger partial charge in [-0.2, -0.15) is 0 Å². The van der Waals surface area contributed by atoms with Crippen LogP contribution < -0.4 is 10.0 Å². The lowest BCUT2D eigenvalue weighted by Gasteiger charge is -2.10. The second-order valence-electron chi connectivity index (χ2n) is 5.25. The third-order valence-electron chi connectivity index (χ3n) is 3.81. The molecular weight excluding hydrogens is 284 g/mol. The fraction of sp³-hybridized carbons (Fsp3) is 0.250. The number of nitrogens with one attached hydrogen (secondary N) is 2. The molecule has 0 saturated heterocycles. The van der Waals surface area contributed by atoms with Crippen molar-refractivity contribution in [2.24, 2.45) is 0 Å². The van der Waals surface area contributed by atoms with Gasteiger partial charge in [-0.25, -0.2) is 13.1 Å². The van der Waals surface area contributed by atoms with Gasteiger partial charge in [-0.3, -0.25) is 0 Å². The summed E-state index contributed by atoms with van der Waals surface area (Å²) in [6, 6.07) is 13.0. The summed E-state index contributed by atoms with van der Waals surface area (Å²) in [5, 5.41) is 3.23. The molecule has 1 heterocycles. The molecule has 0 spiro atoms. The maximum absolute atomic E-state index is 12.4. The third-order valence-corrected chi connectivity index (χ3v) is 5.21. The highest BCUT2D eigenvalue weighted by atomic mass is 32.2. The van der Waals surface area contributed by atoms with Crippen molar-refractivity contribution in [3.05, 3.63) is 59.2 Å². The minimum atomic E-state index is -3.47. The van der Waals surface area contributed by atoms with E-state index in [0.717, 1.165) is 35.3 Å². The first-order valence-electron chi connectivity index (χ1n) is 6.97. The fourth-order valence-electron chi connectivity index (χ4n) is 2.51. The molecule has 1 aliphatic rings. The molecule has 0 bridgehead atoms. The van der Waals surface area contributed by atoms with Gasteiger partial charge in [0.05, 0.1) is 4.90 Å². The topological polar surface area (TPSA) is 58.2 Å². The largest absolute Gasteiger partial charge is 0.384 e. The predicted molar refractivity (Wildman–Crippen MR) is 83.8 cm³/mol. The van der Waals surface area contributed by atoms with E-state index >= 15 is 0 Å². The number of hydrogen-bond acceptors (Lipinski definition) is 3. The second-order valence-corrected chi connectivity index (χ2v) is 7.01. The number of benzene rings is 2. The van der Waals surface area contributed by atoms with Crippen LogP contribution in [0.15, 0.2) is 47.4 Å². The van der Waals surface area contributed by atoms with Gasteiger partial charge in [0, 0.05) is 18.8 Å². The van der Waals surface area contributed by atoms with E-state index in [4.69, 9.17) is 0 Å². The summed E-state index contributed by atoms with van der Waals surface area (Å²) in [4.78, 5) is 0.332. The number of sulfonamides is 1. The van der Waals surface area contributed by atoms with E-state index in [-0.39, 0.29) is 0 Å². The Kier molecular flexibility index (Phi) is 3.69. The Hall–Kier alpha value is -1.85. The highest BCUT2D eigenvalue weighted by Gasteiger charge is 2.18. The molecule has 5 heteroatoms. The number of fused-ring (bicyclic) bond motifs is 1. The monoisotopic (exact) mass is 302 g/mol. The van der Waals surface area contributed by atoms with Gasteiger partial charge >= 0.3 is 0 Å². The van der Waals surface area contributed by atoms with Crippen LogP contribution in [0.3, 0.4) is 0 Å². The van der Waals surface area contributed by atoms with Crippen LogP contribution >= 0.6 is 0 Å². The van der Waals surface area contributed by atoms with E-state index in [9.17, 15) is 8.42 Å². The van der Waals surface area contributed by atoms with Crippen LogP contribution in [0.1, 0.15) is 16.7 Å². The van der Waals surface area contributed by atoms with E-state index in [1.165, 1.54) is 0 Å². The van der Waals surface area contributed by atoms with Crippen LogP contribution in [0.5, 0.6) is 0 Å². The summed E-state index contributed by atoms with van der Waals surface area (Å²) in [6.45, 7) is 3.16. The molecule has 0 amide bonds. The van der Waals surface area contributed by atoms with Gasteiger partial charge in [0.1, 0.15) is 0 Å². The average molecular weight is 302 g/mol. The van der Waals surface area contributed by atoms with E-state index in [2.05, 4.69) is 10.0 Å². The highest BCUT2D eigenvalue weighted by molar-refractivity contribution is 7.89. The molecule has 0 fully saturated rings. The SMILES string of the molecule is Cc1ccccc1CNS(=O)(=O)c1ccc2c(c1)CCN2. The molecule has 0 unspecified atom stereocenters. The van der Waals surface area contributed by atoms with Crippen molar-refractivity contribution in [2.75, 3.05) is 11.9 Å². The molecule has 0 aromatic heterocycles. The zero-order valence-corrected chi connectivity index (χ0v) is 12.7. The lowest BCUT2D eigenvalue weighted by atomic mass is 10.1. The maximum Gasteiger partial charge on any atom is 0.240 e. The molecule has 2 N–H and O–H groups in total. The van der Waals surface area contributed by atoms with E-state index in [1.54, 1.807) is 12.1 Å². The van der Waals surface area contributed by atoms with Crippen molar-refractivity contribution in [2.45, 2.75) is 24.8 Å². The molecule has 4 nitrogen and oxygen atoms in total. The summed E-state index contributed by atoms with van der Waals surface area (Å²) < 4.78 is 27.4. The Labute approximate surface area is 125 Å². The molecule has 21 heavy (non-hydrogen) atoms.